The first kappa shape index (κ1) is 18.6. The Morgan fingerprint density at radius 2 is 2.08 bits per heavy atom. The van der Waals surface area contributed by atoms with Crippen LogP contribution in [0.4, 0.5) is 5.69 Å². The Morgan fingerprint density at radius 1 is 1.33 bits per heavy atom. The van der Waals surface area contributed by atoms with Crippen molar-refractivity contribution in [3.8, 4) is 10.6 Å². The quantitative estimate of drug-likeness (QED) is 0.351. The smallest absolute Gasteiger partial charge is 0.545 e. The number of aliphatic hydroxyl groups excluding tert-OH is 1. The van der Waals surface area contributed by atoms with Crippen molar-refractivity contribution in [2.24, 2.45) is 0 Å². The van der Waals surface area contributed by atoms with Crippen molar-refractivity contribution < 1.29 is 44.6 Å². The number of nitrogen functional groups attached to an aromatic ring is 1. The molecule has 0 unspecified atom stereocenters. The van der Waals surface area contributed by atoms with Crippen molar-refractivity contribution in [3.05, 3.63) is 53.6 Å². The molecule has 0 spiro atoms. The van der Waals surface area contributed by atoms with E-state index in [4.69, 9.17) is 5.73 Å². The van der Waals surface area contributed by atoms with Gasteiger partial charge in [-0.1, -0.05) is 30.3 Å². The van der Waals surface area contributed by atoms with Crippen LogP contribution in [0.25, 0.3) is 26.9 Å². The molecule has 0 saturated carbocycles. The molecule has 3 N–H and O–H groups in total. The molecule has 0 aliphatic rings. The second-order valence-electron chi connectivity index (χ2n) is 4.95. The van der Waals surface area contributed by atoms with Gasteiger partial charge in [-0.25, -0.2) is 4.98 Å². The number of aliphatic carboxylic acids is 1. The molecule has 0 amide bonds. The van der Waals surface area contributed by atoms with Crippen LogP contribution < -0.4 is 40.4 Å². The molecule has 3 rings (SSSR count). The number of rotatable bonds is 4. The molecule has 1 aromatic heterocycles. The summed E-state index contributed by atoms with van der Waals surface area (Å²) in [5.41, 5.74) is 9.47. The van der Waals surface area contributed by atoms with Gasteiger partial charge in [0, 0.05) is 5.56 Å². The van der Waals surface area contributed by atoms with Gasteiger partial charge in [-0.3, -0.25) is 0 Å². The molecule has 2 aromatic carbocycles. The average molecular weight is 348 g/mol. The van der Waals surface area contributed by atoms with E-state index in [9.17, 15) is 15.0 Å². The summed E-state index contributed by atoms with van der Waals surface area (Å²) in [6.45, 7) is -0.0850. The summed E-state index contributed by atoms with van der Waals surface area (Å²) in [7, 11) is 0. The van der Waals surface area contributed by atoms with Crippen molar-refractivity contribution in [3.63, 3.8) is 0 Å². The summed E-state index contributed by atoms with van der Waals surface area (Å²) >= 11 is 1.44. The number of aromatic nitrogens is 1. The molecule has 116 valence electrons. The molecule has 0 bridgehead atoms. The van der Waals surface area contributed by atoms with E-state index in [0.29, 0.717) is 11.2 Å². The first-order valence-corrected chi connectivity index (χ1v) is 7.68. The molecular formula is C17H13N2NaO3S. The molecule has 0 fully saturated rings. The number of carboxylic acids is 1. The minimum atomic E-state index is -1.25. The Balaban J connectivity index is 0.00000208. The van der Waals surface area contributed by atoms with Crippen LogP contribution >= 0.6 is 11.3 Å². The maximum absolute atomic E-state index is 10.6. The van der Waals surface area contributed by atoms with Crippen molar-refractivity contribution in [1.82, 2.24) is 4.98 Å². The topological polar surface area (TPSA) is 99.3 Å². The normalized spacial score (nSPS) is 10.9. The standard InChI is InChI=1S/C17H14N2O3S.Na/c18-13-7-10(9-20)8-14-16(13)19-17(23-14)12-4-2-1-3-11(12)5-6-15(21)22;/h1-8,20H,9,18H2,(H,21,22);/q;+1/p-1. The van der Waals surface area contributed by atoms with Gasteiger partial charge in [0.05, 0.1) is 23.0 Å². The number of fused-ring (bicyclic) bond motifs is 1. The number of carbonyl (C=O) groups is 1. The van der Waals surface area contributed by atoms with Crippen LogP contribution in [0.15, 0.2) is 42.5 Å². The molecule has 24 heavy (non-hydrogen) atoms. The Kier molecular flexibility index (Phi) is 6.15. The summed E-state index contributed by atoms with van der Waals surface area (Å²) in [4.78, 5) is 15.2. The minimum absolute atomic E-state index is 0. The number of benzene rings is 2. The van der Waals surface area contributed by atoms with Gasteiger partial charge in [0.2, 0.25) is 0 Å². The van der Waals surface area contributed by atoms with Crippen LogP contribution in [0.5, 0.6) is 0 Å². The Hall–Kier alpha value is -1.70. The van der Waals surface area contributed by atoms with Gasteiger partial charge in [0.1, 0.15) is 10.5 Å². The van der Waals surface area contributed by atoms with Crippen LogP contribution in [-0.4, -0.2) is 16.1 Å². The summed E-state index contributed by atoms with van der Waals surface area (Å²) in [6.07, 6.45) is 2.48. The third kappa shape index (κ3) is 3.85. The van der Waals surface area contributed by atoms with Crippen LogP contribution in [0.1, 0.15) is 11.1 Å². The zero-order valence-corrected chi connectivity index (χ0v) is 15.8. The Morgan fingerprint density at radius 3 is 2.79 bits per heavy atom. The minimum Gasteiger partial charge on any atom is -0.545 e. The van der Waals surface area contributed by atoms with E-state index in [1.807, 2.05) is 30.3 Å². The third-order valence-electron chi connectivity index (χ3n) is 3.36. The fourth-order valence-corrected chi connectivity index (χ4v) is 3.43. The van der Waals surface area contributed by atoms with E-state index in [-0.39, 0.29) is 36.2 Å². The number of nitrogens with two attached hydrogens (primary N) is 1. The fraction of sp³-hybridized carbons (Fsp3) is 0.0588. The second-order valence-corrected chi connectivity index (χ2v) is 5.98. The summed E-state index contributed by atoms with van der Waals surface area (Å²) in [5.74, 6) is -1.25. The average Bonchev–Trinajstić information content (AvgIpc) is 2.97. The summed E-state index contributed by atoms with van der Waals surface area (Å²) in [6, 6.07) is 10.9. The number of thiazole rings is 1. The van der Waals surface area contributed by atoms with Crippen molar-refractivity contribution in [1.29, 1.82) is 0 Å². The maximum Gasteiger partial charge on any atom is 1.00 e. The van der Waals surface area contributed by atoms with Crippen molar-refractivity contribution >= 4 is 39.3 Å². The number of anilines is 1. The van der Waals surface area contributed by atoms with Gasteiger partial charge in [-0.05, 0) is 29.3 Å². The molecule has 0 radical (unpaired) electrons. The molecule has 0 atom stereocenters. The molecule has 0 aliphatic carbocycles. The van der Waals surface area contributed by atoms with Crippen LogP contribution in [0.3, 0.4) is 0 Å². The molecule has 0 aliphatic heterocycles. The third-order valence-corrected chi connectivity index (χ3v) is 4.39. The van der Waals surface area contributed by atoms with Crippen LogP contribution in [0.2, 0.25) is 0 Å². The number of hydrogen-bond acceptors (Lipinski definition) is 6. The van der Waals surface area contributed by atoms with Crippen molar-refractivity contribution in [2.75, 3.05) is 5.73 Å². The van der Waals surface area contributed by atoms with Gasteiger partial charge in [-0.2, -0.15) is 0 Å². The first-order valence-electron chi connectivity index (χ1n) is 6.86. The molecule has 0 saturated heterocycles. The first-order chi connectivity index (χ1) is 11.1. The molecule has 3 aromatic rings. The fourth-order valence-electron chi connectivity index (χ4n) is 2.32. The van der Waals surface area contributed by atoms with Crippen LogP contribution in [0, 0.1) is 0 Å². The van der Waals surface area contributed by atoms with Gasteiger partial charge < -0.3 is 20.7 Å². The largest absolute Gasteiger partial charge is 1.00 e. The number of hydrogen-bond donors (Lipinski definition) is 2. The van der Waals surface area contributed by atoms with Gasteiger partial charge in [0.25, 0.3) is 0 Å². The van der Waals surface area contributed by atoms with E-state index < -0.39 is 5.97 Å². The zero-order chi connectivity index (χ0) is 16.4. The molecule has 5 nitrogen and oxygen atoms in total. The van der Waals surface area contributed by atoms with Gasteiger partial charge in [-0.15, -0.1) is 11.3 Å². The SMILES string of the molecule is Nc1cc(CO)cc2sc(-c3ccccc3C=CC(=O)[O-])nc12.[Na+]. The number of nitrogens with zero attached hydrogens (tertiary/aromatic N) is 1. The molecule has 1 heterocycles. The Bertz CT molecular complexity index is 921. The molecule has 7 heteroatoms. The zero-order valence-electron chi connectivity index (χ0n) is 13.0. The Labute approximate surface area is 164 Å². The maximum atomic E-state index is 10.6. The number of carbonyl (C=O) groups excluding carboxylic acids is 1. The van der Waals surface area contributed by atoms with Crippen LogP contribution in [-0.2, 0) is 11.4 Å². The van der Waals surface area contributed by atoms with E-state index in [2.05, 4.69) is 4.98 Å². The van der Waals surface area contributed by atoms with E-state index in [1.165, 1.54) is 17.4 Å². The predicted molar refractivity (Wildman–Crippen MR) is 89.4 cm³/mol. The van der Waals surface area contributed by atoms with E-state index >= 15 is 0 Å². The van der Waals surface area contributed by atoms with Crippen molar-refractivity contribution in [2.45, 2.75) is 6.61 Å². The predicted octanol–water partition coefficient (Wildman–Crippen LogP) is -1.20. The number of carboxylic acid groups (broad SMARTS) is 1. The molecular weight excluding hydrogens is 335 g/mol. The summed E-state index contributed by atoms with van der Waals surface area (Å²) in [5, 5.41) is 20.6. The monoisotopic (exact) mass is 348 g/mol. The van der Waals surface area contributed by atoms with Gasteiger partial charge in [0.15, 0.2) is 0 Å². The van der Waals surface area contributed by atoms with Gasteiger partial charge >= 0.3 is 29.6 Å². The van der Waals surface area contributed by atoms with E-state index in [1.54, 1.807) is 6.07 Å². The number of aliphatic hydroxyl groups is 1. The summed E-state index contributed by atoms with van der Waals surface area (Å²) < 4.78 is 0.878. The van der Waals surface area contributed by atoms with E-state index in [0.717, 1.165) is 32.5 Å². The second kappa shape index (κ2) is 7.92.